The third-order valence-electron chi connectivity index (χ3n) is 2.19. The lowest BCUT2D eigenvalue weighted by Crippen LogP contribution is -2.15. The molecule has 0 aromatic heterocycles. The van der Waals surface area contributed by atoms with Gasteiger partial charge >= 0.3 is 0 Å². The van der Waals surface area contributed by atoms with Crippen LogP contribution in [0.4, 0.5) is 14.5 Å². The van der Waals surface area contributed by atoms with Gasteiger partial charge in [0, 0.05) is 24.2 Å². The molecule has 0 saturated carbocycles. The van der Waals surface area contributed by atoms with E-state index in [2.05, 4.69) is 12.2 Å². The quantitative estimate of drug-likeness (QED) is 0.756. The van der Waals surface area contributed by atoms with E-state index in [4.69, 9.17) is 4.74 Å². The summed E-state index contributed by atoms with van der Waals surface area (Å²) in [7, 11) is 1.67. The van der Waals surface area contributed by atoms with Gasteiger partial charge in [0.25, 0.3) is 5.76 Å². The second-order valence-electron chi connectivity index (χ2n) is 3.84. The van der Waals surface area contributed by atoms with Crippen LogP contribution < -0.4 is 5.32 Å². The number of halogens is 2. The van der Waals surface area contributed by atoms with Gasteiger partial charge in [-0.25, -0.2) is 0 Å². The molecule has 0 heterocycles. The Bertz CT molecular complexity index is 319. The summed E-state index contributed by atoms with van der Waals surface area (Å²) in [5, 5.41) is 3.23. The summed E-state index contributed by atoms with van der Waals surface area (Å²) in [6.07, 6.45) is 0. The Morgan fingerprint density at radius 2 is 1.94 bits per heavy atom. The molecule has 1 aromatic carbocycles. The molecule has 1 atom stereocenters. The highest BCUT2D eigenvalue weighted by Crippen LogP contribution is 2.26. The smallest absolute Gasteiger partial charge is 0.288 e. The van der Waals surface area contributed by atoms with Crippen LogP contribution in [0.25, 0.3) is 0 Å². The molecular weight excluding hydrogens is 244 g/mol. The minimum absolute atomic E-state index is 0.412. The third kappa shape index (κ3) is 5.89. The van der Waals surface area contributed by atoms with Gasteiger partial charge in [0.2, 0.25) is 0 Å². The molecular formula is C12H17F2NOS. The second-order valence-corrected chi connectivity index (χ2v) is 4.91. The number of alkyl halides is 2. The van der Waals surface area contributed by atoms with Crippen molar-refractivity contribution >= 4 is 17.4 Å². The predicted octanol–water partition coefficient (Wildman–Crippen LogP) is 3.70. The van der Waals surface area contributed by atoms with Crippen LogP contribution in [0, 0.1) is 5.92 Å². The number of hydrogen-bond donors (Lipinski definition) is 1. The Morgan fingerprint density at radius 1 is 1.29 bits per heavy atom. The van der Waals surface area contributed by atoms with Gasteiger partial charge in [-0.15, -0.1) is 0 Å². The van der Waals surface area contributed by atoms with E-state index in [1.807, 2.05) is 12.1 Å². The fourth-order valence-corrected chi connectivity index (χ4v) is 1.89. The van der Waals surface area contributed by atoms with Crippen LogP contribution in [0.1, 0.15) is 6.92 Å². The lowest BCUT2D eigenvalue weighted by Gasteiger charge is -2.12. The second kappa shape index (κ2) is 7.50. The van der Waals surface area contributed by atoms with Crippen molar-refractivity contribution in [1.82, 2.24) is 0 Å². The SMILES string of the molecule is COCC(C)CNc1ccc(SC(F)F)cc1. The number of rotatable bonds is 7. The summed E-state index contributed by atoms with van der Waals surface area (Å²) < 4.78 is 29.2. The molecule has 0 aliphatic carbocycles. The zero-order valence-electron chi connectivity index (χ0n) is 9.95. The van der Waals surface area contributed by atoms with Crippen molar-refractivity contribution in [3.63, 3.8) is 0 Å². The van der Waals surface area contributed by atoms with E-state index in [1.54, 1.807) is 19.2 Å². The van der Waals surface area contributed by atoms with E-state index in [0.29, 0.717) is 29.2 Å². The van der Waals surface area contributed by atoms with Crippen LogP contribution in [0.3, 0.4) is 0 Å². The summed E-state index contributed by atoms with van der Waals surface area (Å²) >= 11 is 0.559. The Hall–Kier alpha value is -0.810. The first kappa shape index (κ1) is 14.3. The molecule has 1 rings (SSSR count). The van der Waals surface area contributed by atoms with Crippen molar-refractivity contribution < 1.29 is 13.5 Å². The molecule has 17 heavy (non-hydrogen) atoms. The number of thioether (sulfide) groups is 1. The zero-order chi connectivity index (χ0) is 12.7. The molecule has 0 bridgehead atoms. The van der Waals surface area contributed by atoms with Crippen LogP contribution in [0.5, 0.6) is 0 Å². The van der Waals surface area contributed by atoms with Crippen LogP contribution in [-0.2, 0) is 4.74 Å². The van der Waals surface area contributed by atoms with Crippen LogP contribution in [-0.4, -0.2) is 26.0 Å². The lowest BCUT2D eigenvalue weighted by molar-refractivity contribution is 0.164. The van der Waals surface area contributed by atoms with Crippen molar-refractivity contribution in [1.29, 1.82) is 0 Å². The molecule has 2 nitrogen and oxygen atoms in total. The molecule has 1 unspecified atom stereocenters. The van der Waals surface area contributed by atoms with E-state index >= 15 is 0 Å². The van der Waals surface area contributed by atoms with Crippen LogP contribution in [0.2, 0.25) is 0 Å². The maximum Gasteiger partial charge on any atom is 0.288 e. The molecule has 0 aliphatic heterocycles. The average molecular weight is 261 g/mol. The topological polar surface area (TPSA) is 21.3 Å². The lowest BCUT2D eigenvalue weighted by atomic mass is 10.2. The molecule has 0 spiro atoms. The first-order chi connectivity index (χ1) is 8.11. The summed E-state index contributed by atoms with van der Waals surface area (Å²) in [6.45, 7) is 3.58. The van der Waals surface area contributed by atoms with E-state index in [9.17, 15) is 8.78 Å². The maximum atomic E-state index is 12.1. The largest absolute Gasteiger partial charge is 0.385 e. The monoisotopic (exact) mass is 261 g/mol. The van der Waals surface area contributed by atoms with Crippen molar-refractivity contribution in [2.45, 2.75) is 17.6 Å². The molecule has 96 valence electrons. The summed E-state index contributed by atoms with van der Waals surface area (Å²) in [5.74, 6) is -1.95. The summed E-state index contributed by atoms with van der Waals surface area (Å²) in [5.41, 5.74) is 0.937. The van der Waals surface area contributed by atoms with Gasteiger partial charge in [0.05, 0.1) is 6.61 Å². The van der Waals surface area contributed by atoms with Crippen molar-refractivity contribution in [2.75, 3.05) is 25.6 Å². The highest BCUT2D eigenvalue weighted by Gasteiger charge is 2.05. The molecule has 5 heteroatoms. The molecule has 0 aliphatic rings. The number of methoxy groups -OCH3 is 1. The third-order valence-corrected chi connectivity index (χ3v) is 2.91. The molecule has 0 radical (unpaired) electrons. The van der Waals surface area contributed by atoms with Gasteiger partial charge in [0.1, 0.15) is 0 Å². The molecule has 0 saturated heterocycles. The summed E-state index contributed by atoms with van der Waals surface area (Å²) in [6, 6.07) is 7.01. The normalized spacial score (nSPS) is 12.8. The van der Waals surface area contributed by atoms with Gasteiger partial charge in [-0.05, 0) is 30.2 Å². The van der Waals surface area contributed by atoms with Gasteiger partial charge in [-0.2, -0.15) is 8.78 Å². The van der Waals surface area contributed by atoms with Gasteiger partial charge in [0.15, 0.2) is 0 Å². The molecule has 0 fully saturated rings. The number of benzene rings is 1. The predicted molar refractivity (Wildman–Crippen MR) is 67.8 cm³/mol. The molecule has 0 amide bonds. The van der Waals surface area contributed by atoms with Crippen molar-refractivity contribution in [2.24, 2.45) is 5.92 Å². The van der Waals surface area contributed by atoms with Crippen molar-refractivity contribution in [3.8, 4) is 0 Å². The van der Waals surface area contributed by atoms with Crippen molar-refractivity contribution in [3.05, 3.63) is 24.3 Å². The number of hydrogen-bond acceptors (Lipinski definition) is 3. The minimum Gasteiger partial charge on any atom is -0.385 e. The van der Waals surface area contributed by atoms with E-state index in [0.717, 1.165) is 12.2 Å². The minimum atomic E-state index is -2.37. The number of anilines is 1. The summed E-state index contributed by atoms with van der Waals surface area (Å²) in [4.78, 5) is 0.579. The first-order valence-corrected chi connectivity index (χ1v) is 6.27. The Labute approximate surface area is 105 Å². The standard InChI is InChI=1S/C12H17F2NOS/c1-9(8-16-2)7-15-10-3-5-11(6-4-10)17-12(13)14/h3-6,9,12,15H,7-8H2,1-2H3. The van der Waals surface area contributed by atoms with Gasteiger partial charge in [-0.1, -0.05) is 18.7 Å². The Kier molecular flexibility index (Phi) is 6.29. The van der Waals surface area contributed by atoms with Crippen LogP contribution in [0.15, 0.2) is 29.2 Å². The van der Waals surface area contributed by atoms with Gasteiger partial charge < -0.3 is 10.1 Å². The average Bonchev–Trinajstić information content (AvgIpc) is 2.28. The van der Waals surface area contributed by atoms with Gasteiger partial charge in [-0.3, -0.25) is 0 Å². The van der Waals surface area contributed by atoms with Crippen LogP contribution >= 0.6 is 11.8 Å². The molecule has 1 N–H and O–H groups in total. The van der Waals surface area contributed by atoms with E-state index in [-0.39, 0.29) is 0 Å². The Morgan fingerprint density at radius 3 is 2.47 bits per heavy atom. The highest BCUT2D eigenvalue weighted by atomic mass is 32.2. The number of ether oxygens (including phenoxy) is 1. The highest BCUT2D eigenvalue weighted by molar-refractivity contribution is 7.99. The first-order valence-electron chi connectivity index (χ1n) is 5.39. The zero-order valence-corrected chi connectivity index (χ0v) is 10.8. The number of nitrogens with one attached hydrogen (secondary N) is 1. The van der Waals surface area contributed by atoms with E-state index < -0.39 is 5.76 Å². The fourth-order valence-electron chi connectivity index (χ4n) is 1.39. The fraction of sp³-hybridized carbons (Fsp3) is 0.500. The molecule has 1 aromatic rings. The Balaban J connectivity index is 2.40. The van der Waals surface area contributed by atoms with E-state index in [1.165, 1.54) is 0 Å². The maximum absolute atomic E-state index is 12.1.